The third kappa shape index (κ3) is 4.93. The van der Waals surface area contributed by atoms with Gasteiger partial charge in [0.2, 0.25) is 5.91 Å². The van der Waals surface area contributed by atoms with E-state index >= 15 is 0 Å². The summed E-state index contributed by atoms with van der Waals surface area (Å²) in [6.45, 7) is 4.00. The van der Waals surface area contributed by atoms with Gasteiger partial charge in [0.15, 0.2) is 11.5 Å². The number of hydrogen-bond acceptors (Lipinski definition) is 4. The number of aryl methyl sites for hydroxylation is 1. The molecule has 0 spiro atoms. The molecule has 0 fully saturated rings. The molecule has 0 aliphatic rings. The van der Waals surface area contributed by atoms with Crippen LogP contribution in [-0.2, 0) is 4.79 Å². The van der Waals surface area contributed by atoms with Crippen molar-refractivity contribution in [3.8, 4) is 11.5 Å². The highest BCUT2D eigenvalue weighted by atomic mass is 32.2. The number of amides is 1. The van der Waals surface area contributed by atoms with Crippen LogP contribution in [0.3, 0.4) is 0 Å². The van der Waals surface area contributed by atoms with E-state index in [0.717, 1.165) is 10.5 Å². The van der Waals surface area contributed by atoms with Crippen LogP contribution in [0.15, 0.2) is 47.4 Å². The Morgan fingerprint density at radius 1 is 1.08 bits per heavy atom. The van der Waals surface area contributed by atoms with Gasteiger partial charge in [0.05, 0.1) is 26.0 Å². The van der Waals surface area contributed by atoms with Crippen LogP contribution in [-0.4, -0.2) is 25.9 Å². The van der Waals surface area contributed by atoms with Gasteiger partial charge in [-0.3, -0.25) is 4.79 Å². The summed E-state index contributed by atoms with van der Waals surface area (Å²) < 4.78 is 10.5. The van der Waals surface area contributed by atoms with Crippen LogP contribution >= 0.6 is 11.8 Å². The third-order valence-corrected chi connectivity index (χ3v) is 4.69. The van der Waals surface area contributed by atoms with E-state index in [1.807, 2.05) is 56.3 Å². The zero-order chi connectivity index (χ0) is 17.5. The van der Waals surface area contributed by atoms with Crippen molar-refractivity contribution in [3.63, 3.8) is 0 Å². The molecule has 2 aromatic rings. The number of nitrogens with one attached hydrogen (secondary N) is 1. The van der Waals surface area contributed by atoms with Crippen LogP contribution in [0.5, 0.6) is 11.5 Å². The van der Waals surface area contributed by atoms with Gasteiger partial charge in [-0.25, -0.2) is 0 Å². The van der Waals surface area contributed by atoms with Crippen molar-refractivity contribution in [2.75, 3.05) is 20.0 Å². The van der Waals surface area contributed by atoms with E-state index in [2.05, 4.69) is 5.32 Å². The highest BCUT2D eigenvalue weighted by Gasteiger charge is 2.13. The van der Waals surface area contributed by atoms with E-state index < -0.39 is 0 Å². The molecular formula is C19H23NO3S. The van der Waals surface area contributed by atoms with Gasteiger partial charge in [-0.15, -0.1) is 11.8 Å². The Balaban J connectivity index is 1.92. The highest BCUT2D eigenvalue weighted by molar-refractivity contribution is 8.00. The normalized spacial score (nSPS) is 11.7. The van der Waals surface area contributed by atoms with Gasteiger partial charge >= 0.3 is 0 Å². The third-order valence-electron chi connectivity index (χ3n) is 3.68. The number of rotatable bonds is 7. The number of methoxy groups -OCH3 is 2. The summed E-state index contributed by atoms with van der Waals surface area (Å²) in [7, 11) is 3.20. The average molecular weight is 345 g/mol. The quantitative estimate of drug-likeness (QED) is 0.771. The zero-order valence-corrected chi connectivity index (χ0v) is 15.3. The van der Waals surface area contributed by atoms with Crippen LogP contribution in [0.1, 0.15) is 24.1 Å². The summed E-state index contributed by atoms with van der Waals surface area (Å²) in [5.74, 6) is 1.73. The first-order valence-electron chi connectivity index (χ1n) is 7.74. The smallest absolute Gasteiger partial charge is 0.230 e. The van der Waals surface area contributed by atoms with Crippen molar-refractivity contribution in [3.05, 3.63) is 53.6 Å². The lowest BCUT2D eigenvalue weighted by Gasteiger charge is -2.16. The minimum Gasteiger partial charge on any atom is -0.493 e. The van der Waals surface area contributed by atoms with Crippen molar-refractivity contribution in [1.29, 1.82) is 0 Å². The Kier molecular flexibility index (Phi) is 6.55. The maximum atomic E-state index is 12.2. The summed E-state index contributed by atoms with van der Waals surface area (Å²) in [4.78, 5) is 13.2. The van der Waals surface area contributed by atoms with E-state index in [1.165, 1.54) is 17.3 Å². The van der Waals surface area contributed by atoms with Crippen LogP contribution in [0.2, 0.25) is 0 Å². The minimum absolute atomic E-state index is 0.00265. The van der Waals surface area contributed by atoms with Gasteiger partial charge in [0.25, 0.3) is 0 Å². The highest BCUT2D eigenvalue weighted by Crippen LogP contribution is 2.30. The van der Waals surface area contributed by atoms with Gasteiger partial charge in [0, 0.05) is 4.90 Å². The van der Waals surface area contributed by atoms with Crippen LogP contribution in [0, 0.1) is 6.92 Å². The molecule has 5 heteroatoms. The van der Waals surface area contributed by atoms with Crippen molar-refractivity contribution in [2.45, 2.75) is 24.8 Å². The van der Waals surface area contributed by atoms with E-state index in [4.69, 9.17) is 9.47 Å². The number of ether oxygens (including phenoxy) is 2. The predicted octanol–water partition coefficient (Wildman–Crippen LogP) is 3.98. The lowest BCUT2D eigenvalue weighted by molar-refractivity contribution is -0.119. The molecule has 2 rings (SSSR count). The Morgan fingerprint density at radius 2 is 1.75 bits per heavy atom. The Labute approximate surface area is 147 Å². The molecule has 24 heavy (non-hydrogen) atoms. The molecular weight excluding hydrogens is 322 g/mol. The number of thioether (sulfide) groups is 1. The monoisotopic (exact) mass is 345 g/mol. The second-order valence-corrected chi connectivity index (χ2v) is 6.55. The number of hydrogen-bond donors (Lipinski definition) is 1. The van der Waals surface area contributed by atoms with Gasteiger partial charge in [-0.1, -0.05) is 23.8 Å². The molecule has 0 aromatic heterocycles. The SMILES string of the molecule is COc1ccc([C@@H](C)NC(=O)CSc2ccc(C)cc2)cc1OC. The second kappa shape index (κ2) is 8.64. The topological polar surface area (TPSA) is 47.6 Å². The van der Waals surface area contributed by atoms with E-state index in [1.54, 1.807) is 14.2 Å². The first kappa shape index (κ1) is 18.2. The Morgan fingerprint density at radius 3 is 2.38 bits per heavy atom. The summed E-state index contributed by atoms with van der Waals surface area (Å²) in [5.41, 5.74) is 2.19. The lowest BCUT2D eigenvalue weighted by atomic mass is 10.1. The van der Waals surface area contributed by atoms with Crippen molar-refractivity contribution < 1.29 is 14.3 Å². The molecule has 1 N–H and O–H groups in total. The van der Waals surface area contributed by atoms with E-state index in [9.17, 15) is 4.79 Å². The average Bonchev–Trinajstić information content (AvgIpc) is 2.60. The fourth-order valence-electron chi connectivity index (χ4n) is 2.27. The number of carbonyl (C=O) groups excluding carboxylic acids is 1. The molecule has 0 heterocycles. The minimum atomic E-state index is -0.101. The molecule has 4 nitrogen and oxygen atoms in total. The molecule has 0 bridgehead atoms. The summed E-state index contributed by atoms with van der Waals surface area (Å²) >= 11 is 1.53. The van der Waals surface area contributed by atoms with Crippen LogP contribution < -0.4 is 14.8 Å². The molecule has 0 saturated heterocycles. The number of benzene rings is 2. The van der Waals surface area contributed by atoms with Crippen molar-refractivity contribution in [2.24, 2.45) is 0 Å². The maximum Gasteiger partial charge on any atom is 0.230 e. The van der Waals surface area contributed by atoms with Gasteiger partial charge < -0.3 is 14.8 Å². The van der Waals surface area contributed by atoms with E-state index in [-0.39, 0.29) is 11.9 Å². The van der Waals surface area contributed by atoms with Crippen LogP contribution in [0.4, 0.5) is 0 Å². The Hall–Kier alpha value is -2.14. The fourth-order valence-corrected chi connectivity index (χ4v) is 2.98. The molecule has 128 valence electrons. The molecule has 1 amide bonds. The van der Waals surface area contributed by atoms with Gasteiger partial charge in [-0.2, -0.15) is 0 Å². The fraction of sp³-hybridized carbons (Fsp3) is 0.316. The molecule has 2 aromatic carbocycles. The standard InChI is InChI=1S/C19H23NO3S/c1-13-5-8-16(9-6-13)24-12-19(21)20-14(2)15-7-10-17(22-3)18(11-15)23-4/h5-11,14H,12H2,1-4H3,(H,20,21)/t14-/m1/s1. The van der Waals surface area contributed by atoms with Crippen molar-refractivity contribution >= 4 is 17.7 Å². The van der Waals surface area contributed by atoms with Crippen LogP contribution in [0.25, 0.3) is 0 Å². The molecule has 1 atom stereocenters. The molecule has 0 saturated carbocycles. The Bertz CT molecular complexity index is 686. The first-order chi connectivity index (χ1) is 11.5. The largest absolute Gasteiger partial charge is 0.493 e. The second-order valence-electron chi connectivity index (χ2n) is 5.51. The molecule has 0 unspecified atom stereocenters. The first-order valence-corrected chi connectivity index (χ1v) is 8.72. The molecule has 0 aliphatic carbocycles. The van der Waals surface area contributed by atoms with Crippen molar-refractivity contribution in [1.82, 2.24) is 5.32 Å². The molecule has 0 radical (unpaired) electrons. The predicted molar refractivity (Wildman–Crippen MR) is 98.0 cm³/mol. The number of carbonyl (C=O) groups is 1. The zero-order valence-electron chi connectivity index (χ0n) is 14.5. The summed E-state index contributed by atoms with van der Waals surface area (Å²) in [6, 6.07) is 13.7. The van der Waals surface area contributed by atoms with Gasteiger partial charge in [0.1, 0.15) is 0 Å². The summed E-state index contributed by atoms with van der Waals surface area (Å²) in [5, 5.41) is 3.01. The lowest BCUT2D eigenvalue weighted by Crippen LogP contribution is -2.28. The maximum absolute atomic E-state index is 12.2. The van der Waals surface area contributed by atoms with Gasteiger partial charge in [-0.05, 0) is 43.7 Å². The van der Waals surface area contributed by atoms with E-state index in [0.29, 0.717) is 17.3 Å². The molecule has 0 aliphatic heterocycles. The summed E-state index contributed by atoms with van der Waals surface area (Å²) in [6.07, 6.45) is 0.